The van der Waals surface area contributed by atoms with Gasteiger partial charge in [0.25, 0.3) is 0 Å². The summed E-state index contributed by atoms with van der Waals surface area (Å²) in [6.07, 6.45) is 1.76. The monoisotopic (exact) mass is 383 g/mol. The highest BCUT2D eigenvalue weighted by atomic mass is 16.5. The van der Waals surface area contributed by atoms with Gasteiger partial charge in [-0.3, -0.25) is 9.59 Å². The Bertz CT molecular complexity index is 877. The van der Waals surface area contributed by atoms with Gasteiger partial charge in [-0.2, -0.15) is 0 Å². The fourth-order valence-corrected chi connectivity index (χ4v) is 3.76. The number of allylic oxidation sites excluding steroid dienone is 3. The van der Waals surface area contributed by atoms with Gasteiger partial charge < -0.3 is 14.8 Å². The summed E-state index contributed by atoms with van der Waals surface area (Å²) < 4.78 is 10.6. The number of dihydropyridines is 1. The van der Waals surface area contributed by atoms with E-state index in [0.29, 0.717) is 29.0 Å². The van der Waals surface area contributed by atoms with Crippen LogP contribution in [0.25, 0.3) is 0 Å². The van der Waals surface area contributed by atoms with Crippen molar-refractivity contribution in [3.63, 3.8) is 0 Å². The van der Waals surface area contributed by atoms with Crippen LogP contribution >= 0.6 is 0 Å². The van der Waals surface area contributed by atoms with Crippen LogP contribution in [0.3, 0.4) is 0 Å². The van der Waals surface area contributed by atoms with Gasteiger partial charge in [0.05, 0.1) is 11.7 Å². The zero-order chi connectivity index (χ0) is 20.4. The van der Waals surface area contributed by atoms with Gasteiger partial charge in [0.2, 0.25) is 0 Å². The number of benzene rings is 1. The van der Waals surface area contributed by atoms with E-state index in [0.717, 1.165) is 24.1 Å². The van der Waals surface area contributed by atoms with Crippen LogP contribution in [0.4, 0.5) is 0 Å². The summed E-state index contributed by atoms with van der Waals surface area (Å²) in [6, 6.07) is 6.92. The molecule has 1 aliphatic heterocycles. The first-order valence-corrected chi connectivity index (χ1v) is 9.51. The predicted octanol–water partition coefficient (Wildman–Crippen LogP) is 3.53. The summed E-state index contributed by atoms with van der Waals surface area (Å²) in [5.74, 6) is -0.869. The lowest BCUT2D eigenvalue weighted by Gasteiger charge is -2.34. The van der Waals surface area contributed by atoms with Crippen molar-refractivity contribution >= 4 is 17.7 Å². The lowest BCUT2D eigenvalue weighted by atomic mass is 9.75. The van der Waals surface area contributed by atoms with Crippen LogP contribution in [0, 0.1) is 0 Å². The Morgan fingerprint density at radius 3 is 2.43 bits per heavy atom. The minimum Gasteiger partial charge on any atom is -0.460 e. The number of Topliss-reactive ketones (excluding diaryl/α,β-unsaturated/α-hetero) is 1. The third-order valence-electron chi connectivity index (χ3n) is 4.81. The number of carbonyl (C=O) groups is 3. The molecule has 1 N–H and O–H groups in total. The fourth-order valence-electron chi connectivity index (χ4n) is 3.76. The number of ether oxygens (including phenoxy) is 2. The zero-order valence-corrected chi connectivity index (χ0v) is 16.6. The smallest absolute Gasteiger partial charge is 0.337 e. The van der Waals surface area contributed by atoms with Gasteiger partial charge >= 0.3 is 11.9 Å². The second-order valence-corrected chi connectivity index (χ2v) is 7.38. The van der Waals surface area contributed by atoms with E-state index in [2.05, 4.69) is 5.32 Å². The number of nitrogens with one attached hydrogen (secondary N) is 1. The van der Waals surface area contributed by atoms with E-state index in [4.69, 9.17) is 9.47 Å². The van der Waals surface area contributed by atoms with E-state index < -0.39 is 17.9 Å². The molecule has 0 fully saturated rings. The second kappa shape index (κ2) is 8.00. The molecule has 3 rings (SSSR count). The van der Waals surface area contributed by atoms with Crippen molar-refractivity contribution in [2.45, 2.75) is 59.0 Å². The maximum absolute atomic E-state index is 12.9. The van der Waals surface area contributed by atoms with Crippen LogP contribution in [-0.2, 0) is 19.1 Å². The van der Waals surface area contributed by atoms with Crippen LogP contribution in [0.5, 0.6) is 5.75 Å². The minimum atomic E-state index is -0.498. The van der Waals surface area contributed by atoms with Crippen LogP contribution in [0.1, 0.15) is 58.4 Å². The molecule has 0 spiro atoms. The number of hydrogen-bond donors (Lipinski definition) is 1. The van der Waals surface area contributed by atoms with Crippen LogP contribution in [-0.4, -0.2) is 23.8 Å². The van der Waals surface area contributed by atoms with E-state index in [-0.39, 0.29) is 11.9 Å². The van der Waals surface area contributed by atoms with Gasteiger partial charge in [-0.05, 0) is 51.3 Å². The molecule has 0 aromatic heterocycles. The Labute approximate surface area is 164 Å². The van der Waals surface area contributed by atoms with Gasteiger partial charge in [-0.25, -0.2) is 4.79 Å². The summed E-state index contributed by atoms with van der Waals surface area (Å²) >= 11 is 0. The number of carbonyl (C=O) groups excluding carboxylic acids is 3. The van der Waals surface area contributed by atoms with Crippen molar-refractivity contribution in [1.29, 1.82) is 0 Å². The zero-order valence-electron chi connectivity index (χ0n) is 16.6. The minimum absolute atomic E-state index is 0.0464. The van der Waals surface area contributed by atoms with Gasteiger partial charge in [0.1, 0.15) is 5.75 Å². The molecule has 0 radical (unpaired) electrons. The van der Waals surface area contributed by atoms with E-state index in [9.17, 15) is 14.4 Å². The van der Waals surface area contributed by atoms with Crippen LogP contribution in [0.2, 0.25) is 0 Å². The number of rotatable bonds is 4. The summed E-state index contributed by atoms with van der Waals surface area (Å²) in [5.41, 5.74) is 3.45. The van der Waals surface area contributed by atoms with Crippen molar-refractivity contribution in [2.75, 3.05) is 0 Å². The molecule has 28 heavy (non-hydrogen) atoms. The Hall–Kier alpha value is -2.89. The third-order valence-corrected chi connectivity index (χ3v) is 4.81. The Morgan fingerprint density at radius 1 is 1.14 bits per heavy atom. The van der Waals surface area contributed by atoms with Crippen molar-refractivity contribution < 1.29 is 23.9 Å². The molecule has 0 saturated heterocycles. The normalized spacial score (nSPS) is 19.3. The van der Waals surface area contributed by atoms with Crippen molar-refractivity contribution in [3.8, 4) is 5.75 Å². The SMILES string of the molecule is CC(=O)Oc1ccc(C2C(C(=O)OC(C)C)=C(C)NC3=C2C(=O)CCC3)cc1. The van der Waals surface area contributed by atoms with Crippen molar-refractivity contribution in [3.05, 3.63) is 52.4 Å². The molecule has 148 valence electrons. The van der Waals surface area contributed by atoms with E-state index in [1.54, 1.807) is 38.1 Å². The standard InChI is InChI=1S/C22H25NO5/c1-12(2)27-22(26)19-13(3)23-17-6-5-7-18(25)21(17)20(19)15-8-10-16(11-9-15)28-14(4)24/h8-12,20,23H,5-7H2,1-4H3. The summed E-state index contributed by atoms with van der Waals surface area (Å²) in [4.78, 5) is 36.8. The molecule has 2 aliphatic rings. The van der Waals surface area contributed by atoms with Crippen LogP contribution in [0.15, 0.2) is 46.8 Å². The lowest BCUT2D eigenvalue weighted by molar-refractivity contribution is -0.143. The molecule has 0 saturated carbocycles. The first-order valence-electron chi connectivity index (χ1n) is 9.51. The Kier molecular flexibility index (Phi) is 5.68. The molecular formula is C22H25NO5. The molecule has 1 unspecified atom stereocenters. The molecule has 0 amide bonds. The number of esters is 2. The van der Waals surface area contributed by atoms with E-state index >= 15 is 0 Å². The molecule has 1 aliphatic carbocycles. The molecule has 1 aromatic rings. The quantitative estimate of drug-likeness (QED) is 0.633. The van der Waals surface area contributed by atoms with E-state index in [1.165, 1.54) is 6.92 Å². The van der Waals surface area contributed by atoms with Crippen molar-refractivity contribution in [2.24, 2.45) is 0 Å². The van der Waals surface area contributed by atoms with Gasteiger partial charge in [-0.1, -0.05) is 12.1 Å². The maximum Gasteiger partial charge on any atom is 0.337 e. The molecule has 0 bridgehead atoms. The van der Waals surface area contributed by atoms with E-state index in [1.807, 2.05) is 6.92 Å². The fraction of sp³-hybridized carbons (Fsp3) is 0.409. The highest BCUT2D eigenvalue weighted by Crippen LogP contribution is 2.42. The second-order valence-electron chi connectivity index (χ2n) is 7.38. The predicted molar refractivity (Wildman–Crippen MR) is 103 cm³/mol. The highest BCUT2D eigenvalue weighted by molar-refractivity contribution is 6.03. The van der Waals surface area contributed by atoms with Crippen molar-refractivity contribution in [1.82, 2.24) is 5.32 Å². The van der Waals surface area contributed by atoms with Gasteiger partial charge in [-0.15, -0.1) is 0 Å². The van der Waals surface area contributed by atoms with Crippen LogP contribution < -0.4 is 10.1 Å². The third kappa shape index (κ3) is 4.01. The summed E-state index contributed by atoms with van der Waals surface area (Å²) in [5, 5.41) is 3.26. The average Bonchev–Trinajstić information content (AvgIpc) is 2.60. The topological polar surface area (TPSA) is 81.7 Å². The average molecular weight is 383 g/mol. The molecular weight excluding hydrogens is 358 g/mol. The molecule has 6 nitrogen and oxygen atoms in total. The largest absolute Gasteiger partial charge is 0.460 e. The molecule has 6 heteroatoms. The lowest BCUT2D eigenvalue weighted by Crippen LogP contribution is -2.34. The number of ketones is 1. The first kappa shape index (κ1) is 19.9. The summed E-state index contributed by atoms with van der Waals surface area (Å²) in [7, 11) is 0. The molecule has 1 atom stereocenters. The highest BCUT2D eigenvalue weighted by Gasteiger charge is 2.39. The molecule has 1 heterocycles. The number of hydrogen-bond acceptors (Lipinski definition) is 6. The van der Waals surface area contributed by atoms with Gasteiger partial charge in [0.15, 0.2) is 5.78 Å². The first-order chi connectivity index (χ1) is 13.3. The maximum atomic E-state index is 12.9. The van der Waals surface area contributed by atoms with Gasteiger partial charge in [0, 0.05) is 36.2 Å². The summed E-state index contributed by atoms with van der Waals surface area (Å²) in [6.45, 7) is 6.76. The Balaban J connectivity index is 2.07. The Morgan fingerprint density at radius 2 is 1.82 bits per heavy atom. The molecule has 1 aromatic carbocycles.